The van der Waals surface area contributed by atoms with Gasteiger partial charge in [0.25, 0.3) is 0 Å². The first kappa shape index (κ1) is 21.0. The van der Waals surface area contributed by atoms with Crippen LogP contribution in [0.4, 0.5) is 0 Å². The van der Waals surface area contributed by atoms with Crippen molar-refractivity contribution in [3.8, 4) is 0 Å². The summed E-state index contributed by atoms with van der Waals surface area (Å²) in [6.07, 6.45) is 26.1. The zero-order chi connectivity index (χ0) is 17.5. The number of carbonyl (C=O) groups is 1. The van der Waals surface area contributed by atoms with E-state index >= 15 is 0 Å². The van der Waals surface area contributed by atoms with Gasteiger partial charge in [0.15, 0.2) is 0 Å². The van der Waals surface area contributed by atoms with Crippen molar-refractivity contribution in [1.82, 2.24) is 0 Å². The van der Waals surface area contributed by atoms with Crippen LogP contribution in [0.1, 0.15) is 96.8 Å². The van der Waals surface area contributed by atoms with Crippen LogP contribution < -0.4 is 0 Å². The molecule has 1 saturated carbocycles. The van der Waals surface area contributed by atoms with Gasteiger partial charge in [0, 0.05) is 6.42 Å². The lowest BCUT2D eigenvalue weighted by atomic mass is 9.92. The predicted octanol–water partition coefficient (Wildman–Crippen LogP) is 6.91. The second-order valence-electron chi connectivity index (χ2n) is 7.33. The van der Waals surface area contributed by atoms with E-state index < -0.39 is 5.97 Å². The Hall–Kier alpha value is -1.05. The molecule has 0 aromatic heterocycles. The van der Waals surface area contributed by atoms with Crippen molar-refractivity contribution >= 4 is 5.97 Å². The number of unbranched alkanes of at least 4 members (excludes halogenated alkanes) is 7. The molecule has 0 saturated heterocycles. The van der Waals surface area contributed by atoms with Gasteiger partial charge in [-0.25, -0.2) is 0 Å². The van der Waals surface area contributed by atoms with E-state index in [0.29, 0.717) is 0 Å². The molecule has 0 aromatic carbocycles. The van der Waals surface area contributed by atoms with Crippen LogP contribution in [0.15, 0.2) is 24.3 Å². The molecule has 1 aliphatic carbocycles. The minimum atomic E-state index is -0.685. The quantitative estimate of drug-likeness (QED) is 0.277. The van der Waals surface area contributed by atoms with Crippen molar-refractivity contribution in [2.45, 2.75) is 96.8 Å². The third-order valence-corrected chi connectivity index (χ3v) is 5.19. The Morgan fingerprint density at radius 2 is 1.71 bits per heavy atom. The molecule has 0 spiro atoms. The monoisotopic (exact) mass is 334 g/mol. The zero-order valence-corrected chi connectivity index (χ0v) is 15.7. The molecule has 0 amide bonds. The number of carboxylic acid groups (broad SMARTS) is 1. The fourth-order valence-electron chi connectivity index (χ4n) is 3.69. The Labute approximate surface area is 149 Å². The molecule has 2 nitrogen and oxygen atoms in total. The van der Waals surface area contributed by atoms with Gasteiger partial charge in [-0.1, -0.05) is 69.8 Å². The summed E-state index contributed by atoms with van der Waals surface area (Å²) < 4.78 is 0. The van der Waals surface area contributed by atoms with Gasteiger partial charge >= 0.3 is 5.97 Å². The number of hydrogen-bond donors (Lipinski definition) is 1. The summed E-state index contributed by atoms with van der Waals surface area (Å²) in [5.74, 6) is 0.894. The normalized spacial score (nSPS) is 21.2. The largest absolute Gasteiger partial charge is 0.481 e. The Bertz CT molecular complexity index is 370. The molecular weight excluding hydrogens is 296 g/mol. The van der Waals surface area contributed by atoms with Gasteiger partial charge in [-0.15, -0.1) is 0 Å². The highest BCUT2D eigenvalue weighted by Gasteiger charge is 2.23. The fourth-order valence-corrected chi connectivity index (χ4v) is 3.69. The van der Waals surface area contributed by atoms with Crippen molar-refractivity contribution in [3.63, 3.8) is 0 Å². The molecule has 0 unspecified atom stereocenters. The average Bonchev–Trinajstić information content (AvgIpc) is 3.00. The van der Waals surface area contributed by atoms with Gasteiger partial charge in [-0.2, -0.15) is 0 Å². The molecule has 138 valence electrons. The molecule has 1 fully saturated rings. The van der Waals surface area contributed by atoms with Crippen LogP contribution in [0.2, 0.25) is 0 Å². The molecule has 0 aliphatic heterocycles. The summed E-state index contributed by atoms with van der Waals surface area (Å²) in [6.45, 7) is 2.27. The summed E-state index contributed by atoms with van der Waals surface area (Å²) in [7, 11) is 0. The van der Waals surface area contributed by atoms with E-state index in [1.165, 1.54) is 70.6 Å². The van der Waals surface area contributed by atoms with Crippen molar-refractivity contribution in [2.75, 3.05) is 0 Å². The molecule has 1 aliphatic rings. The van der Waals surface area contributed by atoms with Crippen LogP contribution in [0.3, 0.4) is 0 Å². The second kappa shape index (κ2) is 14.3. The third kappa shape index (κ3) is 10.7. The highest BCUT2D eigenvalue weighted by Crippen LogP contribution is 2.35. The van der Waals surface area contributed by atoms with E-state index in [9.17, 15) is 4.79 Å². The highest BCUT2D eigenvalue weighted by molar-refractivity contribution is 5.66. The summed E-state index contributed by atoms with van der Waals surface area (Å²) in [4.78, 5) is 10.5. The molecule has 0 heterocycles. The van der Waals surface area contributed by atoms with Crippen LogP contribution in [0.5, 0.6) is 0 Å². The zero-order valence-electron chi connectivity index (χ0n) is 15.7. The number of carboxylic acids is 1. The number of rotatable bonds is 14. The molecule has 0 bridgehead atoms. The van der Waals surface area contributed by atoms with Crippen LogP contribution in [-0.4, -0.2) is 11.1 Å². The number of allylic oxidation sites excluding steroid dienone is 4. The second-order valence-corrected chi connectivity index (χ2v) is 7.33. The van der Waals surface area contributed by atoms with Crippen LogP contribution in [-0.2, 0) is 4.79 Å². The van der Waals surface area contributed by atoms with Crippen LogP contribution >= 0.6 is 0 Å². The van der Waals surface area contributed by atoms with Gasteiger partial charge < -0.3 is 5.11 Å². The third-order valence-electron chi connectivity index (χ3n) is 5.19. The van der Waals surface area contributed by atoms with Gasteiger partial charge in [-0.3, -0.25) is 4.79 Å². The van der Waals surface area contributed by atoms with E-state index in [0.717, 1.165) is 24.7 Å². The van der Waals surface area contributed by atoms with E-state index in [2.05, 4.69) is 31.2 Å². The first-order valence-corrected chi connectivity index (χ1v) is 10.3. The maximum atomic E-state index is 10.5. The molecular formula is C22H38O2. The first-order chi connectivity index (χ1) is 11.7. The summed E-state index contributed by atoms with van der Waals surface area (Å²) in [6, 6.07) is 0. The maximum absolute atomic E-state index is 10.5. The van der Waals surface area contributed by atoms with Gasteiger partial charge in [0.05, 0.1) is 0 Å². The highest BCUT2D eigenvalue weighted by atomic mass is 16.4. The lowest BCUT2D eigenvalue weighted by molar-refractivity contribution is -0.137. The van der Waals surface area contributed by atoms with Gasteiger partial charge in [0.2, 0.25) is 0 Å². The van der Waals surface area contributed by atoms with Crippen molar-refractivity contribution in [1.29, 1.82) is 0 Å². The molecule has 0 aromatic rings. The first-order valence-electron chi connectivity index (χ1n) is 10.3. The smallest absolute Gasteiger partial charge is 0.303 e. The Balaban J connectivity index is 2.10. The molecule has 0 radical (unpaired) electrons. The van der Waals surface area contributed by atoms with E-state index in [1.54, 1.807) is 0 Å². The van der Waals surface area contributed by atoms with Crippen LogP contribution in [0.25, 0.3) is 0 Å². The summed E-state index contributed by atoms with van der Waals surface area (Å²) in [5, 5.41) is 8.62. The number of aliphatic carboxylic acids is 1. The molecule has 24 heavy (non-hydrogen) atoms. The standard InChI is InChI=1S/C22H38O2/c1-2-3-4-5-6-7-8-11-15-20-17-14-18-21(20)16-12-9-10-13-19-22(23)24/h9,11-12,15,20-21H,2-8,10,13-14,16-19H2,1H3,(H,23,24)/t20-,21-/m0/s1. The minimum absolute atomic E-state index is 0.289. The van der Waals surface area contributed by atoms with Crippen LogP contribution in [0, 0.1) is 11.8 Å². The molecule has 2 atom stereocenters. The number of hydrogen-bond acceptors (Lipinski definition) is 1. The Morgan fingerprint density at radius 3 is 2.50 bits per heavy atom. The maximum Gasteiger partial charge on any atom is 0.303 e. The fraction of sp³-hybridized carbons (Fsp3) is 0.773. The lowest BCUT2D eigenvalue weighted by Gasteiger charge is -2.14. The lowest BCUT2D eigenvalue weighted by Crippen LogP contribution is -2.03. The van der Waals surface area contributed by atoms with E-state index in [1.807, 2.05) is 0 Å². The van der Waals surface area contributed by atoms with Crippen molar-refractivity contribution < 1.29 is 9.90 Å². The Morgan fingerprint density at radius 1 is 0.958 bits per heavy atom. The van der Waals surface area contributed by atoms with Gasteiger partial charge in [-0.05, 0) is 56.8 Å². The van der Waals surface area contributed by atoms with Crippen molar-refractivity contribution in [3.05, 3.63) is 24.3 Å². The molecule has 1 rings (SSSR count). The topological polar surface area (TPSA) is 37.3 Å². The molecule has 2 heteroatoms. The average molecular weight is 335 g/mol. The van der Waals surface area contributed by atoms with E-state index in [-0.39, 0.29) is 6.42 Å². The van der Waals surface area contributed by atoms with Crippen molar-refractivity contribution in [2.24, 2.45) is 11.8 Å². The Kier molecular flexibility index (Phi) is 12.5. The van der Waals surface area contributed by atoms with Gasteiger partial charge in [0.1, 0.15) is 0 Å². The SMILES string of the molecule is CCCCCCCCC=C[C@H]1CCC[C@@H]1CC=CCCCC(=O)O. The summed E-state index contributed by atoms with van der Waals surface area (Å²) in [5.41, 5.74) is 0. The predicted molar refractivity (Wildman–Crippen MR) is 103 cm³/mol. The van der Waals surface area contributed by atoms with E-state index in [4.69, 9.17) is 5.11 Å². The molecule has 1 N–H and O–H groups in total. The minimum Gasteiger partial charge on any atom is -0.481 e. The summed E-state index contributed by atoms with van der Waals surface area (Å²) >= 11 is 0.